The first-order chi connectivity index (χ1) is 8.60. The molecule has 0 amide bonds. The molecule has 0 saturated carbocycles. The second-order valence-electron chi connectivity index (χ2n) is 5.02. The van der Waals surface area contributed by atoms with Crippen molar-refractivity contribution in [1.29, 1.82) is 5.26 Å². The molecule has 0 radical (unpaired) electrons. The first-order valence-corrected chi connectivity index (χ1v) is 6.31. The monoisotopic (exact) mass is 247 g/mol. The van der Waals surface area contributed by atoms with Crippen molar-refractivity contribution in [3.05, 3.63) is 29.6 Å². The lowest BCUT2D eigenvalue weighted by Crippen LogP contribution is -2.42. The van der Waals surface area contributed by atoms with E-state index in [-0.39, 0.29) is 11.9 Å². The summed E-state index contributed by atoms with van der Waals surface area (Å²) < 4.78 is 13.4. The maximum absolute atomic E-state index is 13.4. The highest BCUT2D eigenvalue weighted by atomic mass is 19.1. The van der Waals surface area contributed by atoms with E-state index in [9.17, 15) is 4.39 Å². The van der Waals surface area contributed by atoms with Gasteiger partial charge >= 0.3 is 0 Å². The van der Waals surface area contributed by atoms with E-state index in [2.05, 4.69) is 4.90 Å². The van der Waals surface area contributed by atoms with Crippen LogP contribution in [0.2, 0.25) is 0 Å². The predicted octanol–water partition coefficient (Wildman–Crippen LogP) is 2.26. The number of anilines is 1. The largest absolute Gasteiger partial charge is 0.371 e. The molecule has 2 atom stereocenters. The summed E-state index contributed by atoms with van der Waals surface area (Å²) in [5.74, 6) is 0.0829. The van der Waals surface area contributed by atoms with Crippen LogP contribution in [0.4, 0.5) is 10.1 Å². The molecule has 1 saturated heterocycles. The van der Waals surface area contributed by atoms with Crippen LogP contribution < -0.4 is 10.6 Å². The zero-order valence-corrected chi connectivity index (χ0v) is 10.6. The molecule has 0 bridgehead atoms. The minimum atomic E-state index is -0.355. The molecule has 0 aromatic heterocycles. The van der Waals surface area contributed by atoms with Gasteiger partial charge in [0.25, 0.3) is 0 Å². The van der Waals surface area contributed by atoms with Crippen LogP contribution in [0.15, 0.2) is 18.2 Å². The molecule has 3 nitrogen and oxygen atoms in total. The lowest BCUT2D eigenvalue weighted by molar-refractivity contribution is 0.364. The molecule has 96 valence electrons. The second kappa shape index (κ2) is 5.36. The average molecular weight is 247 g/mol. The molecule has 2 unspecified atom stereocenters. The quantitative estimate of drug-likeness (QED) is 0.872. The van der Waals surface area contributed by atoms with Gasteiger partial charge in [-0.25, -0.2) is 4.39 Å². The van der Waals surface area contributed by atoms with E-state index in [0.717, 1.165) is 31.6 Å². The molecule has 0 aliphatic carbocycles. The molecule has 1 aliphatic heterocycles. The van der Waals surface area contributed by atoms with Gasteiger partial charge in [-0.1, -0.05) is 0 Å². The van der Waals surface area contributed by atoms with Gasteiger partial charge in [-0.3, -0.25) is 0 Å². The standard InChI is InChI=1S/C14H18FN3/c1-10(17)12-3-2-4-18(9-12)14-6-11(8-16)5-13(15)7-14/h5-7,10,12H,2-4,9,17H2,1H3. The van der Waals surface area contributed by atoms with Crippen molar-refractivity contribution in [3.63, 3.8) is 0 Å². The Morgan fingerprint density at radius 1 is 1.50 bits per heavy atom. The molecule has 1 aliphatic rings. The minimum Gasteiger partial charge on any atom is -0.371 e. The summed E-state index contributed by atoms with van der Waals surface area (Å²) in [6.45, 7) is 3.75. The molecule has 18 heavy (non-hydrogen) atoms. The van der Waals surface area contributed by atoms with E-state index < -0.39 is 0 Å². The summed E-state index contributed by atoms with van der Waals surface area (Å²) in [5.41, 5.74) is 7.10. The van der Waals surface area contributed by atoms with E-state index in [1.807, 2.05) is 13.0 Å². The molecule has 2 rings (SSSR count). The number of hydrogen-bond acceptors (Lipinski definition) is 3. The van der Waals surface area contributed by atoms with Crippen LogP contribution in [0.3, 0.4) is 0 Å². The van der Waals surface area contributed by atoms with Crippen LogP contribution >= 0.6 is 0 Å². The van der Waals surface area contributed by atoms with Crippen LogP contribution in [0.5, 0.6) is 0 Å². The zero-order chi connectivity index (χ0) is 13.1. The van der Waals surface area contributed by atoms with E-state index >= 15 is 0 Å². The fraction of sp³-hybridized carbons (Fsp3) is 0.500. The third kappa shape index (κ3) is 2.80. The summed E-state index contributed by atoms with van der Waals surface area (Å²) in [7, 11) is 0. The lowest BCUT2D eigenvalue weighted by Gasteiger charge is -2.36. The molecule has 1 fully saturated rings. The molecule has 2 N–H and O–H groups in total. The van der Waals surface area contributed by atoms with Gasteiger partial charge in [0.2, 0.25) is 0 Å². The van der Waals surface area contributed by atoms with Crippen LogP contribution in [0, 0.1) is 23.1 Å². The maximum Gasteiger partial charge on any atom is 0.126 e. The predicted molar refractivity (Wildman–Crippen MR) is 69.7 cm³/mol. The summed E-state index contributed by atoms with van der Waals surface area (Å²) in [5, 5.41) is 8.87. The summed E-state index contributed by atoms with van der Waals surface area (Å²) in [4.78, 5) is 2.13. The van der Waals surface area contributed by atoms with Gasteiger partial charge < -0.3 is 10.6 Å². The van der Waals surface area contributed by atoms with Crippen molar-refractivity contribution in [2.75, 3.05) is 18.0 Å². The Morgan fingerprint density at radius 2 is 2.28 bits per heavy atom. The van der Waals surface area contributed by atoms with Gasteiger partial charge in [-0.05, 0) is 43.9 Å². The normalized spacial score (nSPS) is 21.4. The van der Waals surface area contributed by atoms with E-state index in [1.54, 1.807) is 6.07 Å². The number of piperidine rings is 1. The van der Waals surface area contributed by atoms with Crippen molar-refractivity contribution in [2.45, 2.75) is 25.8 Å². The Balaban J connectivity index is 2.21. The van der Waals surface area contributed by atoms with E-state index in [0.29, 0.717) is 11.5 Å². The third-order valence-electron chi connectivity index (χ3n) is 3.58. The average Bonchev–Trinajstić information content (AvgIpc) is 2.38. The highest BCUT2D eigenvalue weighted by Crippen LogP contribution is 2.26. The van der Waals surface area contributed by atoms with Crippen LogP contribution in [-0.2, 0) is 0 Å². The fourth-order valence-corrected chi connectivity index (χ4v) is 2.49. The molecule has 1 aromatic rings. The molecule has 1 aromatic carbocycles. The number of nitrogens with two attached hydrogens (primary N) is 1. The Kier molecular flexibility index (Phi) is 3.83. The first kappa shape index (κ1) is 12.8. The van der Waals surface area contributed by atoms with Crippen LogP contribution in [0.1, 0.15) is 25.3 Å². The van der Waals surface area contributed by atoms with Gasteiger partial charge in [-0.2, -0.15) is 5.26 Å². The number of nitrogens with zero attached hydrogens (tertiary/aromatic N) is 2. The van der Waals surface area contributed by atoms with Crippen LogP contribution in [-0.4, -0.2) is 19.1 Å². The van der Waals surface area contributed by atoms with Crippen molar-refractivity contribution < 1.29 is 4.39 Å². The zero-order valence-electron chi connectivity index (χ0n) is 10.6. The van der Waals surface area contributed by atoms with E-state index in [1.165, 1.54) is 12.1 Å². The maximum atomic E-state index is 13.4. The lowest BCUT2D eigenvalue weighted by atomic mass is 9.92. The summed E-state index contributed by atoms with van der Waals surface area (Å²) >= 11 is 0. The molecule has 4 heteroatoms. The SMILES string of the molecule is CC(N)C1CCCN(c2cc(F)cc(C#N)c2)C1. The van der Waals surface area contributed by atoms with Gasteiger partial charge in [-0.15, -0.1) is 0 Å². The van der Waals surface area contributed by atoms with Gasteiger partial charge in [0, 0.05) is 24.8 Å². The summed E-state index contributed by atoms with van der Waals surface area (Å²) in [6.07, 6.45) is 2.18. The Morgan fingerprint density at radius 3 is 2.94 bits per heavy atom. The van der Waals surface area contributed by atoms with Crippen molar-refractivity contribution in [3.8, 4) is 6.07 Å². The Hall–Kier alpha value is -1.60. The summed E-state index contributed by atoms with van der Waals surface area (Å²) in [6, 6.07) is 6.63. The number of nitriles is 1. The van der Waals surface area contributed by atoms with Crippen LogP contribution in [0.25, 0.3) is 0 Å². The van der Waals surface area contributed by atoms with E-state index in [4.69, 9.17) is 11.0 Å². The number of halogens is 1. The smallest absolute Gasteiger partial charge is 0.126 e. The second-order valence-corrected chi connectivity index (χ2v) is 5.02. The number of benzene rings is 1. The highest BCUT2D eigenvalue weighted by molar-refractivity contribution is 5.52. The number of hydrogen-bond donors (Lipinski definition) is 1. The highest BCUT2D eigenvalue weighted by Gasteiger charge is 2.23. The topological polar surface area (TPSA) is 53.0 Å². The van der Waals surface area contributed by atoms with Crippen molar-refractivity contribution in [1.82, 2.24) is 0 Å². The first-order valence-electron chi connectivity index (χ1n) is 6.31. The van der Waals surface area contributed by atoms with Gasteiger partial charge in [0.15, 0.2) is 0 Å². The number of rotatable bonds is 2. The molecule has 1 heterocycles. The van der Waals surface area contributed by atoms with Crippen molar-refractivity contribution >= 4 is 5.69 Å². The van der Waals surface area contributed by atoms with Gasteiger partial charge in [0.1, 0.15) is 5.82 Å². The van der Waals surface area contributed by atoms with Gasteiger partial charge in [0.05, 0.1) is 11.6 Å². The Bertz CT molecular complexity index is 465. The Labute approximate surface area is 107 Å². The molecule has 0 spiro atoms. The van der Waals surface area contributed by atoms with Crippen molar-refractivity contribution in [2.24, 2.45) is 11.7 Å². The third-order valence-corrected chi connectivity index (χ3v) is 3.58. The molecular weight excluding hydrogens is 229 g/mol. The minimum absolute atomic E-state index is 0.150. The fourth-order valence-electron chi connectivity index (χ4n) is 2.49. The molecular formula is C14H18FN3.